The maximum absolute atomic E-state index is 12.8. The molecule has 0 saturated carbocycles. The predicted molar refractivity (Wildman–Crippen MR) is 114 cm³/mol. The first kappa shape index (κ1) is 20.6. The van der Waals surface area contributed by atoms with Crippen LogP contribution in [0.1, 0.15) is 50.0 Å². The van der Waals surface area contributed by atoms with Crippen molar-refractivity contribution < 1.29 is 18.7 Å². The smallest absolute Gasteiger partial charge is 0.338 e. The van der Waals surface area contributed by atoms with Gasteiger partial charge in [-0.1, -0.05) is 19.4 Å². The molecule has 0 fully saturated rings. The average Bonchev–Trinajstić information content (AvgIpc) is 2.69. The summed E-state index contributed by atoms with van der Waals surface area (Å²) in [6.45, 7) is 8.05. The van der Waals surface area contributed by atoms with E-state index in [1.54, 1.807) is 19.1 Å². The second-order valence-electron chi connectivity index (χ2n) is 7.15. The molecule has 3 aromatic rings. The first-order chi connectivity index (χ1) is 13.9. The number of aryl methyl sites for hydroxylation is 1. The second kappa shape index (κ2) is 8.95. The Hall–Kier alpha value is -3.08. The lowest BCUT2D eigenvalue weighted by Gasteiger charge is -2.15. The first-order valence-corrected chi connectivity index (χ1v) is 9.98. The monoisotopic (exact) mass is 394 g/mol. The Morgan fingerprint density at radius 2 is 1.86 bits per heavy atom. The van der Waals surface area contributed by atoms with Crippen LogP contribution in [0.5, 0.6) is 5.75 Å². The third kappa shape index (κ3) is 4.67. The number of hydrogen-bond acceptors (Lipinski definition) is 5. The van der Waals surface area contributed by atoms with Crippen LogP contribution in [-0.4, -0.2) is 18.7 Å². The fourth-order valence-electron chi connectivity index (χ4n) is 3.20. The molecule has 0 bridgehead atoms. The number of hydrogen-bond donors (Lipinski definition) is 0. The van der Waals surface area contributed by atoms with Crippen LogP contribution in [0.4, 0.5) is 0 Å². The minimum atomic E-state index is -0.460. The highest BCUT2D eigenvalue weighted by atomic mass is 16.5. The van der Waals surface area contributed by atoms with E-state index in [9.17, 15) is 9.59 Å². The lowest BCUT2D eigenvalue weighted by atomic mass is 10.0. The summed E-state index contributed by atoms with van der Waals surface area (Å²) in [5.74, 6) is 0.656. The van der Waals surface area contributed by atoms with E-state index in [0.29, 0.717) is 28.0 Å². The molecule has 0 saturated heterocycles. The van der Waals surface area contributed by atoms with Gasteiger partial charge < -0.3 is 13.9 Å². The molecule has 0 unspecified atom stereocenters. The van der Waals surface area contributed by atoms with Gasteiger partial charge >= 0.3 is 5.97 Å². The van der Waals surface area contributed by atoms with Crippen molar-refractivity contribution in [2.45, 2.75) is 46.6 Å². The molecule has 5 heteroatoms. The van der Waals surface area contributed by atoms with Gasteiger partial charge in [0.1, 0.15) is 17.1 Å². The molecule has 1 aromatic heterocycles. The average molecular weight is 394 g/mol. The van der Waals surface area contributed by atoms with E-state index in [-0.39, 0.29) is 18.1 Å². The van der Waals surface area contributed by atoms with Crippen LogP contribution in [0.3, 0.4) is 0 Å². The molecule has 0 atom stereocenters. The maximum atomic E-state index is 12.8. The lowest BCUT2D eigenvalue weighted by molar-refractivity contribution is 0.0526. The summed E-state index contributed by atoms with van der Waals surface area (Å²) < 4.78 is 17.0. The van der Waals surface area contributed by atoms with E-state index < -0.39 is 5.97 Å². The largest absolute Gasteiger partial charge is 0.490 e. The highest BCUT2D eigenvalue weighted by molar-refractivity contribution is 5.94. The summed E-state index contributed by atoms with van der Waals surface area (Å²) in [6.07, 6.45) is 1.93. The molecular formula is C24H26O5. The number of rotatable bonds is 7. The Morgan fingerprint density at radius 1 is 1.07 bits per heavy atom. The summed E-state index contributed by atoms with van der Waals surface area (Å²) >= 11 is 0. The van der Waals surface area contributed by atoms with Crippen molar-refractivity contribution in [2.75, 3.05) is 6.61 Å². The van der Waals surface area contributed by atoms with Crippen molar-refractivity contribution in [2.24, 2.45) is 0 Å². The Labute approximate surface area is 170 Å². The fourth-order valence-corrected chi connectivity index (χ4v) is 3.20. The van der Waals surface area contributed by atoms with Crippen LogP contribution in [0.15, 0.2) is 51.7 Å². The fraction of sp³-hybridized carbons (Fsp3) is 0.333. The molecule has 0 aliphatic carbocycles. The minimum Gasteiger partial charge on any atom is -0.490 e. The predicted octanol–water partition coefficient (Wildman–Crippen LogP) is 5.38. The van der Waals surface area contributed by atoms with Gasteiger partial charge in [-0.25, -0.2) is 4.79 Å². The van der Waals surface area contributed by atoms with Crippen LogP contribution in [0.2, 0.25) is 0 Å². The van der Waals surface area contributed by atoms with Crippen LogP contribution in [0, 0.1) is 0 Å². The summed E-state index contributed by atoms with van der Waals surface area (Å²) in [5.41, 5.74) is 2.42. The molecule has 152 valence electrons. The van der Waals surface area contributed by atoms with Gasteiger partial charge in [0.15, 0.2) is 5.43 Å². The molecule has 29 heavy (non-hydrogen) atoms. The number of benzene rings is 2. The van der Waals surface area contributed by atoms with Crippen LogP contribution < -0.4 is 10.2 Å². The Bertz CT molecular complexity index is 1080. The van der Waals surface area contributed by atoms with Crippen LogP contribution in [-0.2, 0) is 11.2 Å². The van der Waals surface area contributed by atoms with Gasteiger partial charge in [-0.2, -0.15) is 0 Å². The van der Waals surface area contributed by atoms with Crippen LogP contribution >= 0.6 is 0 Å². The summed E-state index contributed by atoms with van der Waals surface area (Å²) in [7, 11) is 0. The second-order valence-corrected chi connectivity index (χ2v) is 7.15. The van der Waals surface area contributed by atoms with Crippen molar-refractivity contribution in [1.82, 2.24) is 0 Å². The number of carbonyl (C=O) groups is 1. The molecule has 3 rings (SSSR count). The number of fused-ring (bicyclic) bond motifs is 1. The topological polar surface area (TPSA) is 65.7 Å². The number of ether oxygens (including phenoxy) is 2. The number of esters is 1. The van der Waals surface area contributed by atoms with Gasteiger partial charge in [-0.15, -0.1) is 0 Å². The maximum Gasteiger partial charge on any atom is 0.338 e. The Morgan fingerprint density at radius 3 is 2.55 bits per heavy atom. The minimum absolute atomic E-state index is 0.00918. The zero-order valence-electron chi connectivity index (χ0n) is 17.3. The van der Waals surface area contributed by atoms with Crippen LogP contribution in [0.25, 0.3) is 22.3 Å². The van der Waals surface area contributed by atoms with Gasteiger partial charge in [0.25, 0.3) is 0 Å². The summed E-state index contributed by atoms with van der Waals surface area (Å²) in [4.78, 5) is 24.8. The van der Waals surface area contributed by atoms with Crippen molar-refractivity contribution >= 4 is 16.9 Å². The standard InChI is InChI=1S/C24H26O5/c1-5-7-16-8-10-22(28-15(3)4)19(12-16)23-14-20(25)18-13-17(24(26)27-6-2)9-11-21(18)29-23/h8-15H,5-7H2,1-4H3. The number of carbonyl (C=O) groups excluding carboxylic acids is 1. The van der Waals surface area contributed by atoms with Crippen molar-refractivity contribution in [3.63, 3.8) is 0 Å². The Balaban J connectivity index is 2.12. The zero-order valence-corrected chi connectivity index (χ0v) is 17.3. The highest BCUT2D eigenvalue weighted by Crippen LogP contribution is 2.33. The molecule has 0 amide bonds. The van der Waals surface area contributed by atoms with E-state index in [1.165, 1.54) is 12.1 Å². The third-order valence-electron chi connectivity index (χ3n) is 4.45. The van der Waals surface area contributed by atoms with E-state index in [0.717, 1.165) is 24.0 Å². The quantitative estimate of drug-likeness (QED) is 0.504. The molecule has 0 aliphatic heterocycles. The van der Waals surface area contributed by atoms with Crippen molar-refractivity contribution in [3.8, 4) is 17.1 Å². The molecule has 0 spiro atoms. The van der Waals surface area contributed by atoms with Crippen molar-refractivity contribution in [3.05, 3.63) is 63.8 Å². The van der Waals surface area contributed by atoms with E-state index in [1.807, 2.05) is 32.0 Å². The van der Waals surface area contributed by atoms with Crippen molar-refractivity contribution in [1.29, 1.82) is 0 Å². The van der Waals surface area contributed by atoms with Gasteiger partial charge in [0.05, 0.1) is 29.2 Å². The highest BCUT2D eigenvalue weighted by Gasteiger charge is 2.16. The molecule has 0 radical (unpaired) electrons. The van der Waals surface area contributed by atoms with Gasteiger partial charge in [-0.05, 0) is 63.1 Å². The zero-order chi connectivity index (χ0) is 21.0. The lowest BCUT2D eigenvalue weighted by Crippen LogP contribution is -2.08. The molecule has 2 aromatic carbocycles. The molecular weight excluding hydrogens is 368 g/mol. The van der Waals surface area contributed by atoms with E-state index >= 15 is 0 Å². The Kier molecular flexibility index (Phi) is 6.37. The first-order valence-electron chi connectivity index (χ1n) is 9.98. The summed E-state index contributed by atoms with van der Waals surface area (Å²) in [6, 6.07) is 12.2. The van der Waals surface area contributed by atoms with Gasteiger partial charge in [-0.3, -0.25) is 4.79 Å². The van der Waals surface area contributed by atoms with Gasteiger partial charge in [0, 0.05) is 6.07 Å². The molecule has 0 N–H and O–H groups in total. The van der Waals surface area contributed by atoms with Gasteiger partial charge in [0.2, 0.25) is 0 Å². The molecule has 1 heterocycles. The molecule has 5 nitrogen and oxygen atoms in total. The molecule has 0 aliphatic rings. The van der Waals surface area contributed by atoms with E-state index in [2.05, 4.69) is 6.92 Å². The third-order valence-corrected chi connectivity index (χ3v) is 4.45. The SMILES string of the molecule is CCCc1ccc(OC(C)C)c(-c2cc(=O)c3cc(C(=O)OCC)ccc3o2)c1. The normalized spacial score (nSPS) is 11.1. The summed E-state index contributed by atoms with van der Waals surface area (Å²) in [5, 5.41) is 0.343. The van der Waals surface area contributed by atoms with E-state index in [4.69, 9.17) is 13.9 Å².